The third kappa shape index (κ3) is 4.21. The van der Waals surface area contributed by atoms with Crippen molar-refractivity contribution in [3.63, 3.8) is 0 Å². The SMILES string of the molecule is CC(N)c1cccc(-c2cc(COc3ccccc3CC(=O)O)cc3ccoc23)c1. The van der Waals surface area contributed by atoms with Gasteiger partial charge in [-0.3, -0.25) is 4.79 Å². The number of rotatable bonds is 7. The molecule has 4 rings (SSSR count). The van der Waals surface area contributed by atoms with Gasteiger partial charge in [0.05, 0.1) is 12.7 Å². The second-order valence-electron chi connectivity index (χ2n) is 7.36. The fourth-order valence-corrected chi connectivity index (χ4v) is 3.55. The Morgan fingerprint density at radius 1 is 1.10 bits per heavy atom. The number of para-hydroxylation sites is 1. The van der Waals surface area contributed by atoms with Gasteiger partial charge >= 0.3 is 5.97 Å². The van der Waals surface area contributed by atoms with Crippen molar-refractivity contribution >= 4 is 16.9 Å². The van der Waals surface area contributed by atoms with Crippen molar-refractivity contribution in [2.24, 2.45) is 5.73 Å². The van der Waals surface area contributed by atoms with Crippen LogP contribution in [0.15, 0.2) is 77.4 Å². The van der Waals surface area contributed by atoms with Gasteiger partial charge < -0.3 is 20.0 Å². The first-order chi connectivity index (χ1) is 14.5. The molecule has 0 amide bonds. The number of carboxylic acid groups (broad SMARTS) is 1. The molecule has 30 heavy (non-hydrogen) atoms. The fourth-order valence-electron chi connectivity index (χ4n) is 3.55. The molecule has 3 aromatic carbocycles. The molecular formula is C25H23NO4. The van der Waals surface area contributed by atoms with Gasteiger partial charge in [-0.15, -0.1) is 0 Å². The molecule has 152 valence electrons. The van der Waals surface area contributed by atoms with E-state index < -0.39 is 5.97 Å². The Morgan fingerprint density at radius 3 is 2.73 bits per heavy atom. The summed E-state index contributed by atoms with van der Waals surface area (Å²) in [4.78, 5) is 11.1. The number of carboxylic acids is 1. The fraction of sp³-hybridized carbons (Fsp3) is 0.160. The second-order valence-corrected chi connectivity index (χ2v) is 7.36. The maximum Gasteiger partial charge on any atom is 0.307 e. The molecule has 0 aliphatic heterocycles. The third-order valence-corrected chi connectivity index (χ3v) is 5.04. The van der Waals surface area contributed by atoms with Crippen LogP contribution in [0.2, 0.25) is 0 Å². The minimum absolute atomic E-state index is 0.0608. The second kappa shape index (κ2) is 8.43. The van der Waals surface area contributed by atoms with E-state index >= 15 is 0 Å². The highest BCUT2D eigenvalue weighted by Crippen LogP contribution is 2.33. The molecule has 0 saturated heterocycles. The van der Waals surface area contributed by atoms with Gasteiger partial charge in [0, 0.05) is 22.6 Å². The van der Waals surface area contributed by atoms with E-state index in [0.717, 1.165) is 33.2 Å². The van der Waals surface area contributed by atoms with Gasteiger partial charge in [0.1, 0.15) is 17.9 Å². The number of nitrogens with two attached hydrogens (primary N) is 1. The number of hydrogen-bond acceptors (Lipinski definition) is 4. The summed E-state index contributed by atoms with van der Waals surface area (Å²) < 4.78 is 11.7. The minimum Gasteiger partial charge on any atom is -0.489 e. The van der Waals surface area contributed by atoms with Crippen LogP contribution in [0.25, 0.3) is 22.1 Å². The molecule has 0 aliphatic carbocycles. The maximum atomic E-state index is 11.1. The number of hydrogen-bond donors (Lipinski definition) is 2. The Hall–Kier alpha value is -3.57. The van der Waals surface area contributed by atoms with Crippen molar-refractivity contribution in [1.29, 1.82) is 0 Å². The van der Waals surface area contributed by atoms with E-state index in [2.05, 4.69) is 6.07 Å². The van der Waals surface area contributed by atoms with Gasteiger partial charge in [-0.25, -0.2) is 0 Å². The van der Waals surface area contributed by atoms with Crippen LogP contribution in [0, 0.1) is 0 Å². The van der Waals surface area contributed by atoms with Gasteiger partial charge in [-0.1, -0.05) is 36.4 Å². The highest BCUT2D eigenvalue weighted by Gasteiger charge is 2.13. The Morgan fingerprint density at radius 2 is 1.93 bits per heavy atom. The lowest BCUT2D eigenvalue weighted by Crippen LogP contribution is -2.05. The number of furan rings is 1. The molecule has 1 aromatic heterocycles. The van der Waals surface area contributed by atoms with Crippen LogP contribution in [-0.4, -0.2) is 11.1 Å². The van der Waals surface area contributed by atoms with E-state index in [1.165, 1.54) is 0 Å². The van der Waals surface area contributed by atoms with Gasteiger partial charge in [-0.05, 0) is 53.9 Å². The summed E-state index contributed by atoms with van der Waals surface area (Å²) in [6, 6.07) is 21.3. The summed E-state index contributed by atoms with van der Waals surface area (Å²) in [6.07, 6.45) is 1.60. The van der Waals surface area contributed by atoms with Crippen molar-refractivity contribution in [3.05, 3.63) is 89.7 Å². The monoisotopic (exact) mass is 401 g/mol. The Balaban J connectivity index is 1.67. The molecular weight excluding hydrogens is 378 g/mol. The van der Waals surface area contributed by atoms with Crippen molar-refractivity contribution in [2.75, 3.05) is 0 Å². The van der Waals surface area contributed by atoms with Gasteiger partial charge in [0.15, 0.2) is 0 Å². The van der Waals surface area contributed by atoms with Crippen molar-refractivity contribution in [1.82, 2.24) is 0 Å². The molecule has 4 aromatic rings. The van der Waals surface area contributed by atoms with Crippen molar-refractivity contribution in [2.45, 2.75) is 26.0 Å². The number of benzene rings is 3. The molecule has 1 atom stereocenters. The molecule has 5 heteroatoms. The summed E-state index contributed by atoms with van der Waals surface area (Å²) in [7, 11) is 0. The van der Waals surface area contributed by atoms with E-state index in [4.69, 9.17) is 20.0 Å². The summed E-state index contributed by atoms with van der Waals surface area (Å²) in [5, 5.41) is 10.1. The molecule has 1 unspecified atom stereocenters. The first-order valence-electron chi connectivity index (χ1n) is 9.80. The molecule has 3 N–H and O–H groups in total. The predicted octanol–water partition coefficient (Wildman–Crippen LogP) is 5.33. The van der Waals surface area contributed by atoms with Crippen LogP contribution in [-0.2, 0) is 17.8 Å². The summed E-state index contributed by atoms with van der Waals surface area (Å²) in [5.74, 6) is -0.310. The topological polar surface area (TPSA) is 85.7 Å². The van der Waals surface area contributed by atoms with Crippen LogP contribution in [0.4, 0.5) is 0 Å². The molecule has 0 bridgehead atoms. The van der Waals surface area contributed by atoms with E-state index in [0.29, 0.717) is 17.9 Å². The third-order valence-electron chi connectivity index (χ3n) is 5.04. The standard InChI is InChI=1S/C25H23NO4/c1-16(26)18-6-4-7-19(13-18)22-12-17(11-21-9-10-29-25(21)22)15-30-23-8-3-2-5-20(23)14-24(27)28/h2-13,16H,14-15,26H2,1H3,(H,27,28). The molecule has 1 heterocycles. The lowest BCUT2D eigenvalue weighted by molar-refractivity contribution is -0.136. The zero-order chi connectivity index (χ0) is 21.1. The zero-order valence-electron chi connectivity index (χ0n) is 16.7. The predicted molar refractivity (Wildman–Crippen MR) is 116 cm³/mol. The summed E-state index contributed by atoms with van der Waals surface area (Å²) >= 11 is 0. The quantitative estimate of drug-likeness (QED) is 0.437. The largest absolute Gasteiger partial charge is 0.489 e. The van der Waals surface area contributed by atoms with Crippen LogP contribution >= 0.6 is 0 Å². The van der Waals surface area contributed by atoms with Crippen LogP contribution in [0.5, 0.6) is 5.75 Å². The van der Waals surface area contributed by atoms with Gasteiger partial charge in [0.25, 0.3) is 0 Å². The molecule has 0 radical (unpaired) electrons. The zero-order valence-corrected chi connectivity index (χ0v) is 16.7. The highest BCUT2D eigenvalue weighted by molar-refractivity contribution is 5.93. The first-order valence-corrected chi connectivity index (χ1v) is 9.80. The molecule has 0 aliphatic rings. The molecule has 0 fully saturated rings. The van der Waals surface area contributed by atoms with Crippen molar-refractivity contribution in [3.8, 4) is 16.9 Å². The normalized spacial score (nSPS) is 12.1. The smallest absolute Gasteiger partial charge is 0.307 e. The molecule has 0 saturated carbocycles. The molecule has 5 nitrogen and oxygen atoms in total. The maximum absolute atomic E-state index is 11.1. The number of aliphatic carboxylic acids is 1. The average molecular weight is 401 g/mol. The Labute approximate surface area is 174 Å². The van der Waals surface area contributed by atoms with Crippen LogP contribution < -0.4 is 10.5 Å². The summed E-state index contributed by atoms with van der Waals surface area (Å²) in [6.45, 7) is 2.28. The Kier molecular flexibility index (Phi) is 5.55. The van der Waals surface area contributed by atoms with E-state index in [-0.39, 0.29) is 12.5 Å². The van der Waals surface area contributed by atoms with Crippen LogP contribution in [0.3, 0.4) is 0 Å². The lowest BCUT2D eigenvalue weighted by Gasteiger charge is -2.13. The average Bonchev–Trinajstić information content (AvgIpc) is 3.21. The number of carbonyl (C=O) groups is 1. The highest BCUT2D eigenvalue weighted by atomic mass is 16.5. The molecule has 0 spiro atoms. The Bertz CT molecular complexity index is 1190. The number of ether oxygens (including phenoxy) is 1. The lowest BCUT2D eigenvalue weighted by atomic mass is 9.97. The summed E-state index contributed by atoms with van der Waals surface area (Å²) in [5.41, 5.74) is 11.5. The van der Waals surface area contributed by atoms with Crippen molar-refractivity contribution < 1.29 is 19.1 Å². The van der Waals surface area contributed by atoms with E-state index in [9.17, 15) is 4.79 Å². The minimum atomic E-state index is -0.887. The van der Waals surface area contributed by atoms with E-state index in [1.54, 1.807) is 18.4 Å². The van der Waals surface area contributed by atoms with Gasteiger partial charge in [0.2, 0.25) is 0 Å². The first kappa shape index (κ1) is 19.7. The van der Waals surface area contributed by atoms with Crippen LogP contribution in [0.1, 0.15) is 29.7 Å². The van der Waals surface area contributed by atoms with E-state index in [1.807, 2.05) is 55.5 Å². The van der Waals surface area contributed by atoms with Gasteiger partial charge in [-0.2, -0.15) is 0 Å². The number of fused-ring (bicyclic) bond motifs is 1.